The maximum absolute atomic E-state index is 6.08. The summed E-state index contributed by atoms with van der Waals surface area (Å²) in [5.41, 5.74) is 11.1. The van der Waals surface area contributed by atoms with Gasteiger partial charge in [-0.05, 0) is 31.2 Å². The van der Waals surface area contributed by atoms with Crippen LogP contribution >= 0.6 is 0 Å². The molecule has 0 aliphatic heterocycles. The fourth-order valence-corrected chi connectivity index (χ4v) is 3.40. The first-order valence-electron chi connectivity index (χ1n) is 9.72. The fraction of sp³-hybridized carbons (Fsp3) is 0.174. The van der Waals surface area contributed by atoms with Crippen molar-refractivity contribution in [3.8, 4) is 11.6 Å². The Morgan fingerprint density at radius 2 is 2.03 bits per heavy atom. The number of hydrogen-bond donors (Lipinski definition) is 1. The lowest BCUT2D eigenvalue weighted by Crippen LogP contribution is -2.17. The number of para-hydroxylation sites is 1. The van der Waals surface area contributed by atoms with E-state index in [0.29, 0.717) is 11.6 Å². The molecule has 0 spiro atoms. The van der Waals surface area contributed by atoms with Crippen molar-refractivity contribution in [3.05, 3.63) is 78.6 Å². The highest BCUT2D eigenvalue weighted by atomic mass is 16.6. The molecule has 0 aliphatic carbocycles. The number of nitrogens with two attached hydrogens (primary N) is 1. The van der Waals surface area contributed by atoms with Crippen molar-refractivity contribution < 1.29 is 9.57 Å². The second-order valence-corrected chi connectivity index (χ2v) is 7.15. The molecule has 3 heterocycles. The minimum absolute atomic E-state index is 0.150. The van der Waals surface area contributed by atoms with E-state index in [0.717, 1.165) is 33.6 Å². The first-order chi connectivity index (χ1) is 15.0. The van der Waals surface area contributed by atoms with Crippen LogP contribution in [0.15, 0.2) is 66.7 Å². The van der Waals surface area contributed by atoms with Crippen molar-refractivity contribution in [1.29, 1.82) is 0 Å². The van der Waals surface area contributed by atoms with Gasteiger partial charge < -0.3 is 24.4 Å². The van der Waals surface area contributed by atoms with Crippen molar-refractivity contribution in [2.45, 2.75) is 6.92 Å². The van der Waals surface area contributed by atoms with E-state index in [9.17, 15) is 0 Å². The van der Waals surface area contributed by atoms with Crippen LogP contribution in [0.5, 0.6) is 5.88 Å². The molecule has 0 radical (unpaired) electrons. The Bertz CT molecular complexity index is 1280. The average molecular weight is 416 g/mol. The molecular formula is C23H24N6O2. The number of imidazole rings is 1. The van der Waals surface area contributed by atoms with Gasteiger partial charge in [-0.3, -0.25) is 0 Å². The molecule has 0 saturated heterocycles. The van der Waals surface area contributed by atoms with Crippen molar-refractivity contribution in [1.82, 2.24) is 19.1 Å². The third-order valence-corrected chi connectivity index (χ3v) is 5.00. The number of rotatable bonds is 7. The van der Waals surface area contributed by atoms with Gasteiger partial charge >= 0.3 is 0 Å². The van der Waals surface area contributed by atoms with E-state index in [4.69, 9.17) is 15.3 Å². The number of methoxy groups -OCH3 is 1. The summed E-state index contributed by atoms with van der Waals surface area (Å²) in [6.07, 6.45) is 3.59. The lowest BCUT2D eigenvalue weighted by molar-refractivity contribution is 0.179. The van der Waals surface area contributed by atoms with Crippen LogP contribution in [0, 0.1) is 6.92 Å². The Hall–Kier alpha value is -4.07. The number of benzene rings is 1. The Morgan fingerprint density at radius 3 is 2.74 bits per heavy atom. The van der Waals surface area contributed by atoms with Crippen molar-refractivity contribution in [3.63, 3.8) is 0 Å². The molecule has 0 amide bonds. The van der Waals surface area contributed by atoms with Gasteiger partial charge in [0.1, 0.15) is 18.0 Å². The Morgan fingerprint density at radius 1 is 1.23 bits per heavy atom. The molecule has 0 unspecified atom stereocenters. The van der Waals surface area contributed by atoms with Crippen molar-refractivity contribution in [2.24, 2.45) is 17.9 Å². The van der Waals surface area contributed by atoms with Crippen LogP contribution in [-0.4, -0.2) is 38.7 Å². The summed E-state index contributed by atoms with van der Waals surface area (Å²) >= 11 is 0. The number of pyridine rings is 1. The average Bonchev–Trinajstić information content (AvgIpc) is 3.36. The molecule has 158 valence electrons. The molecule has 0 bridgehead atoms. The number of nitrogens with zero attached hydrogens (tertiary/aromatic N) is 5. The van der Waals surface area contributed by atoms with Gasteiger partial charge in [0.15, 0.2) is 5.84 Å². The molecule has 4 aromatic rings. The highest BCUT2D eigenvalue weighted by Gasteiger charge is 2.12. The minimum Gasteiger partial charge on any atom is -0.479 e. The molecule has 0 fully saturated rings. The standard InChI is InChI=1S/C23H24N6O2/c1-15(21-11-17-7-5-6-8-19(17)28(21)3)13-31-27-22(24)18-9-10-20(23(26-18)30-4)29-12-16(2)25-14-29/h5-12,14H,1,13H2,2-4H3,(H2,24,27). The molecule has 0 saturated carbocycles. The summed E-state index contributed by atoms with van der Waals surface area (Å²) in [6, 6.07) is 13.8. The zero-order valence-electron chi connectivity index (χ0n) is 17.7. The molecule has 4 rings (SSSR count). The summed E-state index contributed by atoms with van der Waals surface area (Å²) in [7, 11) is 3.55. The lowest BCUT2D eigenvalue weighted by atomic mass is 10.2. The maximum atomic E-state index is 6.08. The summed E-state index contributed by atoms with van der Waals surface area (Å²) in [5.74, 6) is 0.560. The van der Waals surface area contributed by atoms with E-state index in [-0.39, 0.29) is 12.4 Å². The molecule has 3 aromatic heterocycles. The summed E-state index contributed by atoms with van der Waals surface area (Å²) in [6.45, 7) is 6.24. The van der Waals surface area contributed by atoms with E-state index < -0.39 is 0 Å². The van der Waals surface area contributed by atoms with E-state index in [1.807, 2.05) is 42.9 Å². The van der Waals surface area contributed by atoms with Crippen LogP contribution in [0.2, 0.25) is 0 Å². The van der Waals surface area contributed by atoms with Gasteiger partial charge in [-0.15, -0.1) is 0 Å². The zero-order chi connectivity index (χ0) is 22.0. The van der Waals surface area contributed by atoms with Gasteiger partial charge in [-0.2, -0.15) is 0 Å². The number of ether oxygens (including phenoxy) is 1. The van der Waals surface area contributed by atoms with Crippen LogP contribution in [0.1, 0.15) is 17.1 Å². The summed E-state index contributed by atoms with van der Waals surface area (Å²) in [5, 5.41) is 5.16. The number of hydrogen-bond acceptors (Lipinski definition) is 5. The summed E-state index contributed by atoms with van der Waals surface area (Å²) < 4.78 is 9.33. The Balaban J connectivity index is 1.48. The third-order valence-electron chi connectivity index (χ3n) is 5.00. The van der Waals surface area contributed by atoms with Crippen molar-refractivity contribution >= 4 is 22.3 Å². The first-order valence-corrected chi connectivity index (χ1v) is 9.72. The summed E-state index contributed by atoms with van der Waals surface area (Å²) in [4.78, 5) is 14.1. The van der Waals surface area contributed by atoms with Crippen LogP contribution in [-0.2, 0) is 11.9 Å². The molecule has 0 atom stereocenters. The van der Waals surface area contributed by atoms with Gasteiger partial charge in [-0.1, -0.05) is 29.9 Å². The fourth-order valence-electron chi connectivity index (χ4n) is 3.40. The largest absolute Gasteiger partial charge is 0.479 e. The van der Waals surface area contributed by atoms with E-state index >= 15 is 0 Å². The van der Waals surface area contributed by atoms with Crippen LogP contribution in [0.4, 0.5) is 0 Å². The number of aryl methyl sites for hydroxylation is 2. The van der Waals surface area contributed by atoms with Gasteiger partial charge in [0.05, 0.1) is 19.1 Å². The van der Waals surface area contributed by atoms with E-state index in [1.165, 1.54) is 0 Å². The van der Waals surface area contributed by atoms with Crippen LogP contribution < -0.4 is 10.5 Å². The smallest absolute Gasteiger partial charge is 0.238 e. The second kappa shape index (κ2) is 8.35. The topological polar surface area (TPSA) is 92.5 Å². The second-order valence-electron chi connectivity index (χ2n) is 7.15. The molecule has 2 N–H and O–H groups in total. The number of aromatic nitrogens is 4. The monoisotopic (exact) mass is 416 g/mol. The van der Waals surface area contributed by atoms with E-state index in [2.05, 4.69) is 44.5 Å². The molecule has 0 aliphatic rings. The predicted octanol–water partition coefficient (Wildman–Crippen LogP) is 3.43. The van der Waals surface area contributed by atoms with Gasteiger partial charge in [-0.25, -0.2) is 9.97 Å². The predicted molar refractivity (Wildman–Crippen MR) is 121 cm³/mol. The normalized spacial score (nSPS) is 11.6. The quantitative estimate of drug-likeness (QED) is 0.283. The number of fused-ring (bicyclic) bond motifs is 1. The van der Waals surface area contributed by atoms with Crippen LogP contribution in [0.25, 0.3) is 22.2 Å². The molecule has 8 heteroatoms. The maximum Gasteiger partial charge on any atom is 0.238 e. The van der Waals surface area contributed by atoms with Gasteiger partial charge in [0.2, 0.25) is 5.88 Å². The van der Waals surface area contributed by atoms with Crippen molar-refractivity contribution in [2.75, 3.05) is 13.7 Å². The number of oxime groups is 1. The highest BCUT2D eigenvalue weighted by Crippen LogP contribution is 2.24. The minimum atomic E-state index is 0.150. The van der Waals surface area contributed by atoms with E-state index in [1.54, 1.807) is 19.5 Å². The van der Waals surface area contributed by atoms with Gasteiger partial charge in [0, 0.05) is 35.4 Å². The third kappa shape index (κ3) is 4.00. The Kier molecular flexibility index (Phi) is 5.44. The zero-order valence-corrected chi connectivity index (χ0v) is 17.7. The number of amidine groups is 1. The van der Waals surface area contributed by atoms with Crippen LogP contribution in [0.3, 0.4) is 0 Å². The molecular weight excluding hydrogens is 392 g/mol. The highest BCUT2D eigenvalue weighted by molar-refractivity contribution is 5.95. The molecule has 8 nitrogen and oxygen atoms in total. The molecule has 31 heavy (non-hydrogen) atoms. The molecule has 1 aromatic carbocycles. The first kappa shape index (κ1) is 20.2. The SMILES string of the molecule is C=C(CO/N=C(\N)c1ccc(-n2cnc(C)c2)c(OC)n1)c1cc2ccccc2n1C. The lowest BCUT2D eigenvalue weighted by Gasteiger charge is -2.10. The Labute approximate surface area is 180 Å². The van der Waals surface area contributed by atoms with Gasteiger partial charge in [0.25, 0.3) is 0 Å².